The van der Waals surface area contributed by atoms with E-state index in [1.165, 1.54) is 6.07 Å². The van der Waals surface area contributed by atoms with Gasteiger partial charge in [-0.05, 0) is 31.4 Å². The van der Waals surface area contributed by atoms with Crippen molar-refractivity contribution in [3.8, 4) is 17.2 Å². The predicted octanol–water partition coefficient (Wildman–Crippen LogP) is 3.45. The Morgan fingerprint density at radius 3 is 2.31 bits per heavy atom. The van der Waals surface area contributed by atoms with Crippen molar-refractivity contribution in [3.63, 3.8) is 0 Å². The minimum atomic E-state index is -4.00. The zero-order valence-electron chi connectivity index (χ0n) is 19.7. The molecule has 3 rings (SSSR count). The topological polar surface area (TPSA) is 132 Å². The fourth-order valence-electron chi connectivity index (χ4n) is 3.60. The Morgan fingerprint density at radius 2 is 1.67 bits per heavy atom. The van der Waals surface area contributed by atoms with Crippen LogP contribution in [0.25, 0.3) is 0 Å². The third kappa shape index (κ3) is 8.26. The smallest absolute Gasteiger partial charge is 0.338 e. The van der Waals surface area contributed by atoms with Crippen LogP contribution in [0.15, 0.2) is 42.5 Å². The van der Waals surface area contributed by atoms with Crippen LogP contribution in [0, 0.1) is 0 Å². The van der Waals surface area contributed by atoms with E-state index in [1.807, 2.05) is 0 Å². The summed E-state index contributed by atoms with van der Waals surface area (Å²) in [5.41, 5.74) is 0.720. The molecule has 0 aliphatic carbocycles. The molecule has 0 aromatic heterocycles. The van der Waals surface area contributed by atoms with Gasteiger partial charge in [0.25, 0.3) is 0 Å². The van der Waals surface area contributed by atoms with E-state index in [9.17, 15) is 21.6 Å². The molecule has 1 heterocycles. The van der Waals surface area contributed by atoms with Gasteiger partial charge in [0, 0.05) is 23.6 Å². The lowest BCUT2D eigenvalue weighted by atomic mass is 9.95. The molecule has 0 amide bonds. The summed E-state index contributed by atoms with van der Waals surface area (Å²) in [4.78, 5) is 12.3. The van der Waals surface area contributed by atoms with Crippen molar-refractivity contribution in [2.24, 2.45) is 0 Å². The van der Waals surface area contributed by atoms with Crippen LogP contribution >= 0.6 is 11.6 Å². The maximum Gasteiger partial charge on any atom is 0.338 e. The molecule has 36 heavy (non-hydrogen) atoms. The standard InChI is InChI=1S/C23H27ClO10S2/c1-35(26,27)33-17-14-19-21(20(15-17)34-36(2,28)29)18(23(32-19)31-12-7-6-11-24)10-13-30-22(25)16-8-4-3-5-9-16/h3-5,8-9,14-15,18,23H,6-7,10-13H2,1-2H3. The van der Waals surface area contributed by atoms with Crippen molar-refractivity contribution in [2.45, 2.75) is 31.5 Å². The number of carbonyl (C=O) groups excluding carboxylic acids is 1. The second-order valence-electron chi connectivity index (χ2n) is 8.06. The molecule has 0 spiro atoms. The first-order valence-corrected chi connectivity index (χ1v) is 15.2. The molecule has 198 valence electrons. The summed E-state index contributed by atoms with van der Waals surface area (Å²) in [6.45, 7) is 0.281. The summed E-state index contributed by atoms with van der Waals surface area (Å²) in [7, 11) is -7.91. The number of unbranched alkanes of at least 4 members (excludes halogenated alkanes) is 1. The Labute approximate surface area is 215 Å². The monoisotopic (exact) mass is 562 g/mol. The first kappa shape index (κ1) is 28.0. The second kappa shape index (κ2) is 12.1. The molecule has 0 saturated heterocycles. The SMILES string of the molecule is CS(=O)(=O)Oc1cc2c(c(OS(C)(=O)=O)c1)C(CCOC(=O)c1ccccc1)C(OCCCCCl)O2. The van der Waals surface area contributed by atoms with E-state index in [2.05, 4.69) is 0 Å². The molecule has 2 aromatic carbocycles. The maximum absolute atomic E-state index is 12.3. The molecule has 0 saturated carbocycles. The number of alkyl halides is 1. The first-order valence-electron chi connectivity index (χ1n) is 11.0. The Bertz CT molecular complexity index is 1260. The van der Waals surface area contributed by atoms with E-state index in [-0.39, 0.29) is 30.3 Å². The van der Waals surface area contributed by atoms with Crippen LogP contribution in [0.1, 0.15) is 41.1 Å². The zero-order chi connectivity index (χ0) is 26.3. The number of benzene rings is 2. The van der Waals surface area contributed by atoms with E-state index >= 15 is 0 Å². The van der Waals surface area contributed by atoms with E-state index in [0.29, 0.717) is 30.0 Å². The van der Waals surface area contributed by atoms with E-state index in [0.717, 1.165) is 25.0 Å². The fourth-order valence-corrected chi connectivity index (χ4v) is 4.70. The lowest BCUT2D eigenvalue weighted by Crippen LogP contribution is -2.25. The molecule has 1 aliphatic heterocycles. The number of hydrogen-bond donors (Lipinski definition) is 0. The summed E-state index contributed by atoms with van der Waals surface area (Å²) in [6.07, 6.45) is 2.42. The molecule has 10 nitrogen and oxygen atoms in total. The van der Waals surface area contributed by atoms with Gasteiger partial charge in [0.05, 0.1) is 37.2 Å². The lowest BCUT2D eigenvalue weighted by molar-refractivity contribution is -0.0853. The highest BCUT2D eigenvalue weighted by Gasteiger charge is 2.39. The van der Waals surface area contributed by atoms with Crippen molar-refractivity contribution < 1.29 is 44.2 Å². The summed E-state index contributed by atoms with van der Waals surface area (Å²) in [6, 6.07) is 10.9. The van der Waals surface area contributed by atoms with Crippen LogP contribution in [0.5, 0.6) is 17.2 Å². The van der Waals surface area contributed by atoms with Crippen molar-refractivity contribution in [2.75, 3.05) is 31.6 Å². The minimum absolute atomic E-state index is 0.0252. The molecular formula is C23H27ClO10S2. The van der Waals surface area contributed by atoms with Crippen LogP contribution < -0.4 is 13.1 Å². The second-order valence-corrected chi connectivity index (χ2v) is 11.6. The van der Waals surface area contributed by atoms with Crippen molar-refractivity contribution >= 4 is 37.8 Å². The molecule has 2 atom stereocenters. The Morgan fingerprint density at radius 1 is 0.972 bits per heavy atom. The van der Waals surface area contributed by atoms with Gasteiger partial charge >= 0.3 is 26.2 Å². The first-order chi connectivity index (χ1) is 17.0. The van der Waals surface area contributed by atoms with E-state index < -0.39 is 38.4 Å². The van der Waals surface area contributed by atoms with Gasteiger partial charge in [-0.2, -0.15) is 16.8 Å². The molecular weight excluding hydrogens is 536 g/mol. The third-order valence-corrected chi connectivity index (χ3v) is 6.24. The van der Waals surface area contributed by atoms with Gasteiger partial charge in [0.2, 0.25) is 6.29 Å². The number of halogens is 1. The molecule has 0 radical (unpaired) electrons. The van der Waals surface area contributed by atoms with Crippen LogP contribution in [0.3, 0.4) is 0 Å². The average Bonchev–Trinajstić information content (AvgIpc) is 3.12. The Hall–Kier alpha value is -2.54. The molecule has 0 bridgehead atoms. The molecule has 0 N–H and O–H groups in total. The third-order valence-electron chi connectivity index (χ3n) is 4.99. The van der Waals surface area contributed by atoms with Crippen LogP contribution in [0.4, 0.5) is 0 Å². The number of rotatable bonds is 13. The van der Waals surface area contributed by atoms with Gasteiger partial charge in [-0.25, -0.2) is 4.79 Å². The summed E-state index contributed by atoms with van der Waals surface area (Å²) < 4.78 is 74.5. The van der Waals surface area contributed by atoms with Gasteiger partial charge in [-0.3, -0.25) is 0 Å². The van der Waals surface area contributed by atoms with Gasteiger partial charge in [0.1, 0.15) is 11.5 Å². The highest BCUT2D eigenvalue weighted by atomic mass is 35.5. The number of esters is 1. The van der Waals surface area contributed by atoms with Crippen LogP contribution in [0.2, 0.25) is 0 Å². The summed E-state index contributed by atoms with van der Waals surface area (Å²) >= 11 is 5.73. The number of fused-ring (bicyclic) bond motifs is 1. The zero-order valence-corrected chi connectivity index (χ0v) is 22.1. The lowest BCUT2D eigenvalue weighted by Gasteiger charge is -2.20. The number of ether oxygens (including phenoxy) is 3. The predicted molar refractivity (Wildman–Crippen MR) is 132 cm³/mol. The van der Waals surface area contributed by atoms with Crippen molar-refractivity contribution in [1.82, 2.24) is 0 Å². The molecule has 1 aliphatic rings. The quantitative estimate of drug-likeness (QED) is 0.155. The molecule has 2 unspecified atom stereocenters. The molecule has 2 aromatic rings. The van der Waals surface area contributed by atoms with Crippen molar-refractivity contribution in [3.05, 3.63) is 53.6 Å². The Balaban J connectivity index is 1.89. The largest absolute Gasteiger partial charge is 0.464 e. The van der Waals surface area contributed by atoms with Gasteiger partial charge < -0.3 is 22.6 Å². The van der Waals surface area contributed by atoms with E-state index in [1.54, 1.807) is 30.3 Å². The summed E-state index contributed by atoms with van der Waals surface area (Å²) in [5.74, 6) is -0.863. The highest BCUT2D eigenvalue weighted by molar-refractivity contribution is 7.86. The summed E-state index contributed by atoms with van der Waals surface area (Å²) in [5, 5.41) is 0. The average molecular weight is 563 g/mol. The van der Waals surface area contributed by atoms with E-state index in [4.69, 9.17) is 34.2 Å². The highest BCUT2D eigenvalue weighted by Crippen LogP contribution is 2.48. The van der Waals surface area contributed by atoms with Crippen LogP contribution in [-0.4, -0.2) is 60.7 Å². The maximum atomic E-state index is 12.3. The minimum Gasteiger partial charge on any atom is -0.464 e. The molecule has 0 fully saturated rings. The number of hydrogen-bond acceptors (Lipinski definition) is 10. The van der Waals surface area contributed by atoms with Gasteiger partial charge in [-0.15, -0.1) is 11.6 Å². The van der Waals surface area contributed by atoms with Crippen LogP contribution in [-0.2, 0) is 29.7 Å². The van der Waals surface area contributed by atoms with Crippen molar-refractivity contribution in [1.29, 1.82) is 0 Å². The fraction of sp³-hybridized carbons (Fsp3) is 0.435. The van der Waals surface area contributed by atoms with Gasteiger partial charge in [0.15, 0.2) is 5.75 Å². The number of carbonyl (C=O) groups is 1. The normalized spacial score (nSPS) is 17.2. The van der Waals surface area contributed by atoms with Gasteiger partial charge in [-0.1, -0.05) is 18.2 Å². The Kier molecular flexibility index (Phi) is 9.45. The molecule has 13 heteroatoms.